The zero-order chi connectivity index (χ0) is 63.5. The minimum Gasteiger partial charge on any atom is -0.310 e. The predicted molar refractivity (Wildman–Crippen MR) is 407 cm³/mol. The number of hydrogen-bond acceptors (Lipinski definition) is 2. The number of nitrogens with zero attached hydrogens (tertiary/aromatic N) is 4. The van der Waals surface area contributed by atoms with E-state index in [0.29, 0.717) is 0 Å². The lowest BCUT2D eigenvalue weighted by atomic mass is 9.94. The Morgan fingerprint density at radius 1 is 0.188 bits per heavy atom. The highest BCUT2D eigenvalue weighted by Gasteiger charge is 2.23. The molecule has 2 heterocycles. The van der Waals surface area contributed by atoms with Gasteiger partial charge in [-0.3, -0.25) is 0 Å². The molecule has 18 rings (SSSR count). The van der Waals surface area contributed by atoms with Crippen molar-refractivity contribution in [3.05, 3.63) is 376 Å². The average molecular weight is 1220 g/mol. The number of para-hydroxylation sites is 5. The molecule has 0 unspecified atom stereocenters. The lowest BCUT2D eigenvalue weighted by Crippen LogP contribution is -2.13. The summed E-state index contributed by atoms with van der Waals surface area (Å²) in [6.07, 6.45) is 0. The van der Waals surface area contributed by atoms with E-state index in [-0.39, 0.29) is 0 Å². The molecule has 0 saturated heterocycles. The minimum atomic E-state index is 1.07. The lowest BCUT2D eigenvalue weighted by Gasteiger charge is -2.28. The van der Waals surface area contributed by atoms with Crippen molar-refractivity contribution in [3.63, 3.8) is 0 Å². The third kappa shape index (κ3) is 9.87. The molecule has 0 aliphatic heterocycles. The Morgan fingerprint density at radius 2 is 0.583 bits per heavy atom. The van der Waals surface area contributed by atoms with Crippen molar-refractivity contribution < 1.29 is 0 Å². The molecule has 0 fully saturated rings. The molecule has 0 saturated carbocycles. The average Bonchev–Trinajstić information content (AvgIpc) is 1.56. The Bertz CT molecular complexity index is 5870. The van der Waals surface area contributed by atoms with Gasteiger partial charge in [-0.05, 0) is 192 Å². The molecule has 0 N–H and O–H groups in total. The van der Waals surface area contributed by atoms with Crippen LogP contribution in [0.25, 0.3) is 132 Å². The molecule has 0 spiro atoms. The second-order valence-electron chi connectivity index (χ2n) is 24.8. The summed E-state index contributed by atoms with van der Waals surface area (Å²) in [6, 6.07) is 137. The fraction of sp³-hybridized carbons (Fsp3) is 0. The maximum atomic E-state index is 2.43. The molecule has 96 heavy (non-hydrogen) atoms. The fourth-order valence-corrected chi connectivity index (χ4v) is 14.7. The summed E-state index contributed by atoms with van der Waals surface area (Å²) in [5.41, 5.74) is 25.1. The van der Waals surface area contributed by atoms with E-state index in [4.69, 9.17) is 0 Å². The van der Waals surface area contributed by atoms with Gasteiger partial charge in [0.05, 0.1) is 33.4 Å². The van der Waals surface area contributed by atoms with Crippen molar-refractivity contribution in [3.8, 4) is 67.0 Å². The molecule has 0 aliphatic rings. The zero-order valence-corrected chi connectivity index (χ0v) is 52.6. The van der Waals surface area contributed by atoms with Gasteiger partial charge in [0.1, 0.15) is 0 Å². The van der Waals surface area contributed by atoms with E-state index >= 15 is 0 Å². The molecule has 450 valence electrons. The highest BCUT2D eigenvalue weighted by atomic mass is 15.2. The number of benzene rings is 16. The molecule has 4 heteroatoms. The van der Waals surface area contributed by atoms with Gasteiger partial charge in [0, 0.05) is 55.7 Å². The minimum absolute atomic E-state index is 1.07. The van der Waals surface area contributed by atoms with Crippen LogP contribution in [0.1, 0.15) is 0 Å². The molecule has 4 nitrogen and oxygen atoms in total. The summed E-state index contributed by atoms with van der Waals surface area (Å²) in [6.45, 7) is 0. The second kappa shape index (κ2) is 23.7. The Balaban J connectivity index is 0.687. The summed E-state index contributed by atoms with van der Waals surface area (Å²) < 4.78 is 4.86. The van der Waals surface area contributed by atoms with Crippen molar-refractivity contribution in [1.82, 2.24) is 9.13 Å². The van der Waals surface area contributed by atoms with Crippen LogP contribution in [0.5, 0.6) is 0 Å². The van der Waals surface area contributed by atoms with E-state index in [0.717, 1.165) is 62.1 Å². The summed E-state index contributed by atoms with van der Waals surface area (Å²) in [5, 5.41) is 9.77. The quantitative estimate of drug-likeness (QED) is 0.114. The molecule has 2 aromatic heterocycles. The molecule has 0 amide bonds. The predicted octanol–water partition coefficient (Wildman–Crippen LogP) is 25.5. The van der Waals surface area contributed by atoms with Gasteiger partial charge in [-0.1, -0.05) is 261 Å². The number of hydrogen-bond donors (Lipinski definition) is 0. The third-order valence-corrected chi connectivity index (χ3v) is 19.3. The maximum absolute atomic E-state index is 2.43. The van der Waals surface area contributed by atoms with E-state index in [1.807, 2.05) is 0 Å². The molecule has 0 radical (unpaired) electrons. The van der Waals surface area contributed by atoms with Crippen LogP contribution in [-0.4, -0.2) is 9.13 Å². The Kier molecular flexibility index (Phi) is 13.8. The van der Waals surface area contributed by atoms with Gasteiger partial charge in [-0.25, -0.2) is 0 Å². The second-order valence-corrected chi connectivity index (χ2v) is 24.8. The van der Waals surface area contributed by atoms with E-state index in [2.05, 4.69) is 395 Å². The van der Waals surface area contributed by atoms with Crippen LogP contribution in [0.3, 0.4) is 0 Å². The normalized spacial score (nSPS) is 11.5. The largest absolute Gasteiger partial charge is 0.310 e. The van der Waals surface area contributed by atoms with Crippen LogP contribution in [0, 0.1) is 0 Å². The highest BCUT2D eigenvalue weighted by molar-refractivity contribution is 6.12. The zero-order valence-electron chi connectivity index (χ0n) is 52.6. The van der Waals surface area contributed by atoms with Crippen LogP contribution in [-0.2, 0) is 0 Å². The molecular weight excluding hydrogens is 1160 g/mol. The van der Waals surface area contributed by atoms with E-state index < -0.39 is 0 Å². The molecule has 0 bridgehead atoms. The van der Waals surface area contributed by atoms with Crippen LogP contribution >= 0.6 is 0 Å². The third-order valence-electron chi connectivity index (χ3n) is 19.3. The SMILES string of the molecule is c1ccc(-c2ccc(N(c3ccc(-c4cccc5ccccc45)cc3)c3cccc(-n4c5ccccc5c5cc(-c6ccc7c(-c8ccc(N(c9ccc(-c%10ccccc%10)cc9)c9ccccc9-n9c%10ccccc%10c%10ccccc%109)cc8)cccc7c6)ccc54)c3)cc2)cc1. The summed E-state index contributed by atoms with van der Waals surface area (Å²) in [4.78, 5) is 4.79. The van der Waals surface area contributed by atoms with E-state index in [1.54, 1.807) is 0 Å². The van der Waals surface area contributed by atoms with E-state index in [9.17, 15) is 0 Å². The molecule has 0 aliphatic carbocycles. The van der Waals surface area contributed by atoms with Crippen LogP contribution < -0.4 is 9.80 Å². The number of rotatable bonds is 13. The van der Waals surface area contributed by atoms with Crippen molar-refractivity contribution in [2.75, 3.05) is 9.80 Å². The van der Waals surface area contributed by atoms with Gasteiger partial charge in [0.25, 0.3) is 0 Å². The summed E-state index contributed by atoms with van der Waals surface area (Å²) in [5.74, 6) is 0. The van der Waals surface area contributed by atoms with Gasteiger partial charge in [0.15, 0.2) is 0 Å². The molecule has 18 aromatic rings. The fourth-order valence-electron chi connectivity index (χ4n) is 14.7. The first kappa shape index (κ1) is 56.0. The summed E-state index contributed by atoms with van der Waals surface area (Å²) >= 11 is 0. The Morgan fingerprint density at radius 3 is 1.18 bits per heavy atom. The van der Waals surface area contributed by atoms with Gasteiger partial charge >= 0.3 is 0 Å². The van der Waals surface area contributed by atoms with Crippen LogP contribution in [0.15, 0.2) is 376 Å². The van der Waals surface area contributed by atoms with Crippen LogP contribution in [0.4, 0.5) is 34.1 Å². The van der Waals surface area contributed by atoms with Crippen molar-refractivity contribution in [1.29, 1.82) is 0 Å². The van der Waals surface area contributed by atoms with Gasteiger partial charge in [-0.15, -0.1) is 0 Å². The first-order chi connectivity index (χ1) is 47.6. The summed E-state index contributed by atoms with van der Waals surface area (Å²) in [7, 11) is 0. The van der Waals surface area contributed by atoms with Crippen molar-refractivity contribution in [2.45, 2.75) is 0 Å². The highest BCUT2D eigenvalue weighted by Crippen LogP contribution is 2.45. The lowest BCUT2D eigenvalue weighted by molar-refractivity contribution is 1.15. The molecular formula is C92H62N4. The number of aromatic nitrogens is 2. The van der Waals surface area contributed by atoms with Gasteiger partial charge < -0.3 is 18.9 Å². The Labute approximate surface area is 558 Å². The van der Waals surface area contributed by atoms with Gasteiger partial charge in [0.2, 0.25) is 0 Å². The topological polar surface area (TPSA) is 16.3 Å². The van der Waals surface area contributed by atoms with E-state index in [1.165, 1.54) is 104 Å². The van der Waals surface area contributed by atoms with Crippen molar-refractivity contribution >= 4 is 99.3 Å². The van der Waals surface area contributed by atoms with Crippen molar-refractivity contribution in [2.24, 2.45) is 0 Å². The first-order valence-corrected chi connectivity index (χ1v) is 33.0. The number of anilines is 6. The maximum Gasteiger partial charge on any atom is 0.0702 e. The van der Waals surface area contributed by atoms with Gasteiger partial charge in [-0.2, -0.15) is 0 Å². The Hall–Kier alpha value is -12.8. The number of fused-ring (bicyclic) bond motifs is 8. The molecule has 0 atom stereocenters. The monoisotopic (exact) mass is 1220 g/mol. The first-order valence-electron chi connectivity index (χ1n) is 33.0. The standard InChI is InChI=1S/C92H62N4/c1-3-20-63(21-4-1)65-40-50-73(51-41-65)93(74-54-44-68(45-55-74)80-33-17-25-67-24-7-8-29-79(67)80)77-27-19-28-78(62-77)95-87-35-12-11-32-85(87)86-61-71(49-59-90(86)95)70-48-58-82-72(60-70)26-18-34-81(82)69-46-56-76(57-47-69)94(75-52-42-66(43-53-75)64-22-5-2-6-23-64)91-38-15-16-39-92(91)96-88-36-13-9-30-83(88)84-31-10-14-37-89(84)96/h1-62H. The molecule has 16 aromatic carbocycles. The van der Waals surface area contributed by atoms with Crippen LogP contribution in [0.2, 0.25) is 0 Å². The smallest absolute Gasteiger partial charge is 0.0702 e.